The summed E-state index contributed by atoms with van der Waals surface area (Å²) in [4.78, 5) is 2.41. The predicted octanol–water partition coefficient (Wildman–Crippen LogP) is 20.0. The molecule has 1 aliphatic rings. The second-order valence-corrected chi connectivity index (χ2v) is 21.8. The van der Waals surface area contributed by atoms with Crippen LogP contribution in [0.1, 0.15) is 83.1 Å². The summed E-state index contributed by atoms with van der Waals surface area (Å²) in [5, 5.41) is 2.47. The molecule has 1 unspecified atom stereocenters. The van der Waals surface area contributed by atoms with Crippen LogP contribution in [0.3, 0.4) is 0 Å². The van der Waals surface area contributed by atoms with Gasteiger partial charge < -0.3 is 9.47 Å². The van der Waals surface area contributed by atoms with Gasteiger partial charge in [0.15, 0.2) is 0 Å². The van der Waals surface area contributed by atoms with Crippen molar-refractivity contribution in [3.8, 4) is 61.3 Å². The lowest BCUT2D eigenvalue weighted by Gasteiger charge is -2.28. The Bertz CT molecular complexity index is 3790. The minimum Gasteiger partial charge on any atom is -0.310 e. The Morgan fingerprint density at radius 3 is 1.40 bits per heavy atom. The number of nitrogens with zero attached hydrogens (tertiary/aromatic N) is 2. The van der Waals surface area contributed by atoms with E-state index in [1.807, 2.05) is 0 Å². The summed E-state index contributed by atoms with van der Waals surface area (Å²) in [5.74, 6) is 0.566. The van der Waals surface area contributed by atoms with E-state index in [4.69, 9.17) is 0 Å². The summed E-state index contributed by atoms with van der Waals surface area (Å²) >= 11 is 0. The van der Waals surface area contributed by atoms with Gasteiger partial charge in [-0.05, 0) is 168 Å². The minimum absolute atomic E-state index is 0.0694. The van der Waals surface area contributed by atoms with Crippen LogP contribution >= 0.6 is 0 Å². The molecule has 2 nitrogen and oxygen atoms in total. The fraction of sp³-hybridized carbons (Fsp3) is 0.155. The molecule has 0 radical (unpaired) electrons. The molecule has 0 fully saturated rings. The van der Waals surface area contributed by atoms with Crippen molar-refractivity contribution in [2.45, 2.75) is 71.6 Å². The molecule has 0 saturated carbocycles. The van der Waals surface area contributed by atoms with Gasteiger partial charge in [0.25, 0.3) is 0 Å². The second kappa shape index (κ2) is 18.1. The highest BCUT2D eigenvalue weighted by Gasteiger charge is 2.36. The average molecular weight is 943 g/mol. The molecule has 1 aliphatic carbocycles. The van der Waals surface area contributed by atoms with Crippen LogP contribution in [0.25, 0.3) is 83.1 Å². The molecule has 1 heterocycles. The predicted molar refractivity (Wildman–Crippen MR) is 312 cm³/mol. The lowest BCUT2D eigenvalue weighted by molar-refractivity contribution is 0.590. The van der Waals surface area contributed by atoms with E-state index >= 15 is 0 Å². The number of aromatic nitrogens is 1. The summed E-state index contributed by atoms with van der Waals surface area (Å²) < 4.78 is 2.44. The molecule has 1 aromatic heterocycles. The molecule has 0 N–H and O–H groups in total. The highest BCUT2D eigenvalue weighted by molar-refractivity contribution is 6.11. The molecule has 0 saturated heterocycles. The van der Waals surface area contributed by atoms with Crippen molar-refractivity contribution in [3.05, 3.63) is 253 Å². The largest absolute Gasteiger partial charge is 0.310 e. The molecule has 0 spiro atoms. The SMILES string of the molecule is CCC(C)c1ccc(-c2ccc(-c3ccc4c(c3)c3cc(-c5ccc(N(c6ccc(-c7ccccc7)cc6)c6ccc7c(c6)C(C)(C)c6ccccc6-7)cc5)ccc3n4-c3ccc(C(C)(C)C)cc3)cc2)cc1. The Balaban J connectivity index is 0.936. The third-order valence-electron chi connectivity index (χ3n) is 15.9. The third kappa shape index (κ3) is 8.26. The lowest BCUT2D eigenvalue weighted by Crippen LogP contribution is -2.16. The van der Waals surface area contributed by atoms with E-state index in [0.29, 0.717) is 5.92 Å². The monoisotopic (exact) mass is 942 g/mol. The molecule has 0 amide bonds. The van der Waals surface area contributed by atoms with Crippen LogP contribution in [0.4, 0.5) is 17.1 Å². The normalized spacial score (nSPS) is 13.2. The van der Waals surface area contributed by atoms with Crippen LogP contribution in [0, 0.1) is 0 Å². The van der Waals surface area contributed by atoms with Gasteiger partial charge in [0, 0.05) is 38.9 Å². The Labute approximate surface area is 431 Å². The number of hydrogen-bond acceptors (Lipinski definition) is 1. The van der Waals surface area contributed by atoms with Crippen molar-refractivity contribution in [3.63, 3.8) is 0 Å². The summed E-state index contributed by atoms with van der Waals surface area (Å²) in [6, 6.07) is 86.2. The zero-order valence-electron chi connectivity index (χ0n) is 43.1. The van der Waals surface area contributed by atoms with Crippen LogP contribution in [-0.2, 0) is 10.8 Å². The Morgan fingerprint density at radius 1 is 0.425 bits per heavy atom. The van der Waals surface area contributed by atoms with E-state index in [1.54, 1.807) is 0 Å². The topological polar surface area (TPSA) is 8.17 Å². The first kappa shape index (κ1) is 45.9. The van der Waals surface area contributed by atoms with Crippen molar-refractivity contribution in [1.82, 2.24) is 4.57 Å². The summed E-state index contributed by atoms with van der Waals surface area (Å²) in [5.41, 5.74) is 24.7. The second-order valence-electron chi connectivity index (χ2n) is 21.8. The lowest BCUT2D eigenvalue weighted by atomic mass is 9.82. The molecule has 0 bridgehead atoms. The van der Waals surface area contributed by atoms with Gasteiger partial charge in [-0.3, -0.25) is 0 Å². The Morgan fingerprint density at radius 2 is 0.863 bits per heavy atom. The average Bonchev–Trinajstić information content (AvgIpc) is 3.88. The molecule has 12 rings (SSSR count). The van der Waals surface area contributed by atoms with Crippen LogP contribution in [0.5, 0.6) is 0 Å². The third-order valence-corrected chi connectivity index (χ3v) is 15.9. The quantitative estimate of drug-likeness (QED) is 0.133. The van der Waals surface area contributed by atoms with Crippen molar-refractivity contribution < 1.29 is 0 Å². The molecular formula is C71H62N2. The number of benzene rings is 10. The van der Waals surface area contributed by atoms with Crippen molar-refractivity contribution >= 4 is 38.9 Å². The fourth-order valence-electron chi connectivity index (χ4n) is 11.4. The molecule has 11 aromatic rings. The summed E-state index contributed by atoms with van der Waals surface area (Å²) in [6.45, 7) is 16.1. The zero-order valence-corrected chi connectivity index (χ0v) is 43.1. The van der Waals surface area contributed by atoms with Crippen molar-refractivity contribution in [2.24, 2.45) is 0 Å². The number of hydrogen-bond donors (Lipinski definition) is 0. The molecule has 356 valence electrons. The van der Waals surface area contributed by atoms with Gasteiger partial charge in [-0.1, -0.05) is 206 Å². The van der Waals surface area contributed by atoms with E-state index < -0.39 is 0 Å². The van der Waals surface area contributed by atoms with Crippen molar-refractivity contribution in [1.29, 1.82) is 0 Å². The van der Waals surface area contributed by atoms with Gasteiger partial charge in [0.05, 0.1) is 11.0 Å². The fourth-order valence-corrected chi connectivity index (χ4v) is 11.4. The van der Waals surface area contributed by atoms with Crippen LogP contribution < -0.4 is 4.90 Å². The Kier molecular flexibility index (Phi) is 11.4. The van der Waals surface area contributed by atoms with Gasteiger partial charge in [-0.15, -0.1) is 0 Å². The van der Waals surface area contributed by atoms with Gasteiger partial charge in [-0.25, -0.2) is 0 Å². The highest BCUT2D eigenvalue weighted by Crippen LogP contribution is 2.51. The van der Waals surface area contributed by atoms with Gasteiger partial charge in [-0.2, -0.15) is 0 Å². The smallest absolute Gasteiger partial charge is 0.0541 e. The molecule has 0 aliphatic heterocycles. The van der Waals surface area contributed by atoms with Crippen LogP contribution in [0.15, 0.2) is 231 Å². The molecule has 1 atom stereocenters. The van der Waals surface area contributed by atoms with E-state index in [-0.39, 0.29) is 10.8 Å². The molecule has 73 heavy (non-hydrogen) atoms. The first-order valence-corrected chi connectivity index (χ1v) is 26.1. The number of anilines is 3. The van der Waals surface area contributed by atoms with Crippen molar-refractivity contribution in [2.75, 3.05) is 4.90 Å². The van der Waals surface area contributed by atoms with E-state index in [2.05, 4.69) is 288 Å². The first-order chi connectivity index (χ1) is 35.4. The highest BCUT2D eigenvalue weighted by atomic mass is 15.1. The van der Waals surface area contributed by atoms with E-state index in [0.717, 1.165) is 29.2 Å². The molecule has 10 aromatic carbocycles. The maximum Gasteiger partial charge on any atom is 0.0541 e. The van der Waals surface area contributed by atoms with E-state index in [9.17, 15) is 0 Å². The standard InChI is InChI=1S/C71H62N2/c1-8-47(2)48-18-20-50(21-19-48)51-22-24-53(25-23-51)55-30-42-68-64(44-55)65-45-56(31-43-69(65)73(68)60-38-32-57(33-39-60)70(3,4)5)54-28-36-59(37-29-54)72(58-34-26-52(27-35-58)49-14-10-9-11-15-49)61-40-41-63-62-16-12-13-17-66(62)71(6,7)67(63)46-61/h9-47H,8H2,1-7H3. The summed E-state index contributed by atoms with van der Waals surface area (Å²) in [6.07, 6.45) is 1.14. The van der Waals surface area contributed by atoms with Gasteiger partial charge in [0.1, 0.15) is 0 Å². The Hall–Kier alpha value is -8.20. The molecular weight excluding hydrogens is 881 g/mol. The maximum absolute atomic E-state index is 2.44. The van der Waals surface area contributed by atoms with Crippen LogP contribution in [-0.4, -0.2) is 4.57 Å². The van der Waals surface area contributed by atoms with Gasteiger partial charge >= 0.3 is 0 Å². The first-order valence-electron chi connectivity index (χ1n) is 26.1. The minimum atomic E-state index is -0.113. The number of fused-ring (bicyclic) bond motifs is 6. The maximum atomic E-state index is 2.44. The zero-order chi connectivity index (χ0) is 50.0. The molecule has 2 heteroatoms. The summed E-state index contributed by atoms with van der Waals surface area (Å²) in [7, 11) is 0. The van der Waals surface area contributed by atoms with Gasteiger partial charge in [0.2, 0.25) is 0 Å². The van der Waals surface area contributed by atoms with Crippen LogP contribution in [0.2, 0.25) is 0 Å². The van der Waals surface area contributed by atoms with E-state index in [1.165, 1.54) is 99.7 Å². The number of rotatable bonds is 10.